The molecule has 0 heterocycles. The topological polar surface area (TPSA) is 71.7 Å². The summed E-state index contributed by atoms with van der Waals surface area (Å²) in [6, 6.07) is 0. The van der Waals surface area contributed by atoms with Crippen LogP contribution in [0.5, 0.6) is 0 Å². The van der Waals surface area contributed by atoms with Crippen molar-refractivity contribution >= 4 is 18.4 Å². The van der Waals surface area contributed by atoms with E-state index in [1.54, 1.807) is 0 Å². The summed E-state index contributed by atoms with van der Waals surface area (Å²) in [5, 5.41) is 7.88. The van der Waals surface area contributed by atoms with Gasteiger partial charge < -0.3 is 14.9 Å². The lowest BCUT2D eigenvalue weighted by atomic mass is 9.72. The number of hydrogen-bond acceptors (Lipinski definition) is 5. The number of carbonyl (C=O) groups is 1. The van der Waals surface area contributed by atoms with Crippen LogP contribution >= 0.6 is 0 Å². The van der Waals surface area contributed by atoms with Crippen molar-refractivity contribution in [3.8, 4) is 0 Å². The summed E-state index contributed by atoms with van der Waals surface area (Å²) < 4.78 is 11.0. The Morgan fingerprint density at radius 1 is 1.41 bits per heavy atom. The Morgan fingerprint density at radius 2 is 2.00 bits per heavy atom. The Hall–Kier alpha value is -1.23. The smallest absolute Gasteiger partial charge is 0.314 e. The van der Waals surface area contributed by atoms with Crippen molar-refractivity contribution in [2.45, 2.75) is 59.6 Å². The molecule has 0 radical (unpaired) electrons. The van der Waals surface area contributed by atoms with Gasteiger partial charge in [-0.25, -0.2) is 0 Å². The van der Waals surface area contributed by atoms with Gasteiger partial charge in [-0.15, -0.1) is 0 Å². The monoisotopic (exact) mass is 310 g/mol. The van der Waals surface area contributed by atoms with Gasteiger partial charge in [0.05, 0.1) is 24.5 Å². The zero-order valence-corrected chi connectivity index (χ0v) is 14.7. The lowest BCUT2D eigenvalue weighted by Crippen LogP contribution is -2.50. The molecule has 126 valence electrons. The third kappa shape index (κ3) is 3.40. The Labute approximate surface area is 134 Å². The van der Waals surface area contributed by atoms with Crippen LogP contribution in [0.4, 0.5) is 0 Å². The molecule has 5 nitrogen and oxygen atoms in total. The van der Waals surface area contributed by atoms with Crippen molar-refractivity contribution in [3.63, 3.8) is 0 Å². The van der Waals surface area contributed by atoms with Crippen LogP contribution in [0.25, 0.3) is 0 Å². The van der Waals surface area contributed by atoms with E-state index in [0.717, 1.165) is 19.3 Å². The van der Waals surface area contributed by atoms with Crippen molar-refractivity contribution in [2.24, 2.45) is 21.7 Å². The van der Waals surface area contributed by atoms with Gasteiger partial charge in [-0.1, -0.05) is 20.8 Å². The second kappa shape index (κ2) is 6.90. The Bertz CT molecular complexity index is 443. The van der Waals surface area contributed by atoms with Crippen LogP contribution in [0.2, 0.25) is 0 Å². The first-order valence-corrected chi connectivity index (χ1v) is 7.99. The van der Waals surface area contributed by atoms with Crippen LogP contribution in [0.1, 0.15) is 53.9 Å². The van der Waals surface area contributed by atoms with Crippen molar-refractivity contribution in [2.75, 3.05) is 13.7 Å². The number of esters is 1. The molecule has 0 saturated heterocycles. The predicted molar refractivity (Wildman–Crippen MR) is 88.6 cm³/mol. The van der Waals surface area contributed by atoms with E-state index in [1.807, 2.05) is 27.0 Å². The Balaban J connectivity index is 3.01. The molecule has 22 heavy (non-hydrogen) atoms. The third-order valence-electron chi connectivity index (χ3n) is 5.12. The molecule has 2 unspecified atom stereocenters. The van der Waals surface area contributed by atoms with Gasteiger partial charge >= 0.3 is 5.97 Å². The minimum absolute atomic E-state index is 0.178. The quantitative estimate of drug-likeness (QED) is 0.523. The first-order valence-electron chi connectivity index (χ1n) is 7.99. The lowest BCUT2D eigenvalue weighted by Gasteiger charge is -2.44. The van der Waals surface area contributed by atoms with Gasteiger partial charge in [0.25, 0.3) is 0 Å². The summed E-state index contributed by atoms with van der Waals surface area (Å²) in [6.45, 7) is 10.3. The maximum atomic E-state index is 11.9. The molecular formula is C17H30N2O3. The molecule has 0 aromatic rings. The van der Waals surface area contributed by atoms with Crippen LogP contribution in [-0.4, -0.2) is 37.8 Å². The molecule has 0 aromatic carbocycles. The summed E-state index contributed by atoms with van der Waals surface area (Å²) in [5.74, 6) is -0.0345. The highest BCUT2D eigenvalue weighted by Crippen LogP contribution is 2.49. The van der Waals surface area contributed by atoms with Gasteiger partial charge in [0.15, 0.2) is 5.72 Å². The van der Waals surface area contributed by atoms with E-state index in [0.29, 0.717) is 0 Å². The number of hydrogen-bond donors (Lipinski definition) is 1. The van der Waals surface area contributed by atoms with Crippen molar-refractivity contribution in [3.05, 3.63) is 0 Å². The SMILES string of the molecule is CC/C=N\C(C)(OCC1(C(=O)OC)CC1)C(C)(C=N)C(C)C. The van der Waals surface area contributed by atoms with Crippen LogP contribution in [0.3, 0.4) is 0 Å². The van der Waals surface area contributed by atoms with Gasteiger partial charge in [-0.05, 0) is 39.0 Å². The minimum Gasteiger partial charge on any atom is -0.469 e. The van der Waals surface area contributed by atoms with Gasteiger partial charge in [0, 0.05) is 12.4 Å². The van der Waals surface area contributed by atoms with Crippen molar-refractivity contribution in [1.29, 1.82) is 5.41 Å². The second-order valence-corrected chi connectivity index (χ2v) is 6.85. The standard InChI is InChI=1S/C17H30N2O3/c1-7-10-19-16(5,15(4,11-18)13(2)3)22-12-17(8-9-17)14(20)21-6/h10-11,13,18H,7-9,12H2,1-6H3/b18-11?,19-10-. The van der Waals surface area contributed by atoms with Gasteiger partial charge in [0.1, 0.15) is 0 Å². The molecule has 1 fully saturated rings. The average Bonchev–Trinajstić information content (AvgIpc) is 3.30. The van der Waals surface area contributed by atoms with Crippen LogP contribution in [-0.2, 0) is 14.3 Å². The summed E-state index contributed by atoms with van der Waals surface area (Å²) in [4.78, 5) is 16.5. The molecule has 1 saturated carbocycles. The maximum absolute atomic E-state index is 11.9. The minimum atomic E-state index is -0.872. The fourth-order valence-electron chi connectivity index (χ4n) is 2.49. The van der Waals surface area contributed by atoms with Gasteiger partial charge in [0.2, 0.25) is 0 Å². The highest BCUT2D eigenvalue weighted by Gasteiger charge is 2.54. The average molecular weight is 310 g/mol. The fourth-order valence-corrected chi connectivity index (χ4v) is 2.49. The highest BCUT2D eigenvalue weighted by atomic mass is 16.5. The molecule has 1 N–H and O–H groups in total. The summed E-state index contributed by atoms with van der Waals surface area (Å²) in [5.41, 5.74) is -1.94. The number of nitrogens with one attached hydrogen (secondary N) is 1. The number of rotatable bonds is 9. The number of ether oxygens (including phenoxy) is 2. The highest BCUT2D eigenvalue weighted by molar-refractivity contribution is 5.79. The van der Waals surface area contributed by atoms with E-state index in [1.165, 1.54) is 13.3 Å². The Kier molecular flexibility index (Phi) is 5.90. The zero-order chi connectivity index (χ0) is 17.0. The zero-order valence-electron chi connectivity index (χ0n) is 14.7. The lowest BCUT2D eigenvalue weighted by molar-refractivity contribution is -0.158. The van der Waals surface area contributed by atoms with Crippen molar-refractivity contribution in [1.82, 2.24) is 0 Å². The van der Waals surface area contributed by atoms with Gasteiger partial charge in [-0.3, -0.25) is 9.79 Å². The molecule has 5 heteroatoms. The van der Waals surface area contributed by atoms with E-state index in [2.05, 4.69) is 18.8 Å². The number of aliphatic imine (C=N–C) groups is 1. The van der Waals surface area contributed by atoms with Crippen molar-refractivity contribution < 1.29 is 14.3 Å². The molecule has 0 aromatic heterocycles. The van der Waals surface area contributed by atoms with E-state index in [-0.39, 0.29) is 18.5 Å². The third-order valence-corrected chi connectivity index (χ3v) is 5.12. The van der Waals surface area contributed by atoms with Crippen LogP contribution in [0, 0.1) is 22.2 Å². The molecule has 0 aliphatic heterocycles. The number of carbonyl (C=O) groups excluding carboxylic acids is 1. The molecular weight excluding hydrogens is 280 g/mol. The van der Waals surface area contributed by atoms with Gasteiger partial charge in [-0.2, -0.15) is 0 Å². The largest absolute Gasteiger partial charge is 0.469 e. The summed E-state index contributed by atoms with van der Waals surface area (Å²) in [7, 11) is 1.41. The predicted octanol–water partition coefficient (Wildman–Crippen LogP) is 3.47. The number of methoxy groups -OCH3 is 1. The normalized spacial score (nSPS) is 22.1. The Morgan fingerprint density at radius 3 is 2.36 bits per heavy atom. The van der Waals surface area contributed by atoms with E-state index in [4.69, 9.17) is 14.9 Å². The van der Waals surface area contributed by atoms with Crippen LogP contribution in [0.15, 0.2) is 4.99 Å². The molecule has 1 aliphatic rings. The first-order chi connectivity index (χ1) is 10.2. The molecule has 1 aliphatic carbocycles. The molecule has 0 amide bonds. The summed E-state index contributed by atoms with van der Waals surface area (Å²) in [6.07, 6.45) is 5.62. The molecule has 1 rings (SSSR count). The van der Waals surface area contributed by atoms with E-state index in [9.17, 15) is 4.79 Å². The van der Waals surface area contributed by atoms with E-state index < -0.39 is 16.6 Å². The molecule has 0 spiro atoms. The molecule has 2 atom stereocenters. The number of nitrogens with zero attached hydrogens (tertiary/aromatic N) is 1. The van der Waals surface area contributed by atoms with Crippen LogP contribution < -0.4 is 0 Å². The fraction of sp³-hybridized carbons (Fsp3) is 0.824. The first kappa shape index (κ1) is 18.8. The second-order valence-electron chi connectivity index (χ2n) is 6.85. The summed E-state index contributed by atoms with van der Waals surface area (Å²) >= 11 is 0. The van der Waals surface area contributed by atoms with E-state index >= 15 is 0 Å². The maximum Gasteiger partial charge on any atom is 0.314 e. The molecule has 0 bridgehead atoms.